The molecule has 0 spiro atoms. The zero-order chi connectivity index (χ0) is 16.9. The fourth-order valence-corrected chi connectivity index (χ4v) is 3.39. The summed E-state index contributed by atoms with van der Waals surface area (Å²) in [5.41, 5.74) is 1.64. The van der Waals surface area contributed by atoms with Crippen LogP contribution in [0.3, 0.4) is 0 Å². The normalized spacial score (nSPS) is 11.7. The smallest absolute Gasteiger partial charge is 0.216 e. The van der Waals surface area contributed by atoms with Crippen LogP contribution in [0.15, 0.2) is 53.0 Å². The third-order valence-corrected chi connectivity index (χ3v) is 4.89. The molecule has 0 atom stereocenters. The van der Waals surface area contributed by atoms with Crippen LogP contribution < -0.4 is 9.46 Å². The van der Waals surface area contributed by atoms with Crippen LogP contribution in [0.5, 0.6) is 5.75 Å². The van der Waals surface area contributed by atoms with Crippen LogP contribution in [0.2, 0.25) is 0 Å². The molecule has 0 bridgehead atoms. The van der Waals surface area contributed by atoms with Gasteiger partial charge in [0.1, 0.15) is 5.75 Å². The fourth-order valence-electron chi connectivity index (χ4n) is 2.00. The van der Waals surface area contributed by atoms with E-state index in [2.05, 4.69) is 20.7 Å². The van der Waals surface area contributed by atoms with Crippen molar-refractivity contribution in [2.45, 2.75) is 32.2 Å². The lowest BCUT2D eigenvalue weighted by Crippen LogP contribution is -2.24. The van der Waals surface area contributed by atoms with Crippen molar-refractivity contribution >= 4 is 26.0 Å². The van der Waals surface area contributed by atoms with Gasteiger partial charge >= 0.3 is 0 Å². The van der Waals surface area contributed by atoms with Crippen LogP contribution in [0.4, 0.5) is 0 Å². The molecule has 23 heavy (non-hydrogen) atoms. The molecule has 0 aliphatic rings. The SMILES string of the molecule is CC(C)Oc1ccc(CNS(=O)(=O)Cc2ccc(Br)cc2)cc1. The van der Waals surface area contributed by atoms with Crippen molar-refractivity contribution in [1.82, 2.24) is 4.72 Å². The number of nitrogens with one attached hydrogen (secondary N) is 1. The lowest BCUT2D eigenvalue weighted by atomic mass is 10.2. The summed E-state index contributed by atoms with van der Waals surface area (Å²) in [6.45, 7) is 4.19. The molecule has 0 saturated carbocycles. The summed E-state index contributed by atoms with van der Waals surface area (Å²) in [7, 11) is -3.37. The van der Waals surface area contributed by atoms with Crippen LogP contribution in [0.25, 0.3) is 0 Å². The van der Waals surface area contributed by atoms with Crippen molar-refractivity contribution in [2.75, 3.05) is 0 Å². The summed E-state index contributed by atoms with van der Waals surface area (Å²) in [4.78, 5) is 0. The van der Waals surface area contributed by atoms with Crippen molar-refractivity contribution in [1.29, 1.82) is 0 Å². The van der Waals surface area contributed by atoms with E-state index in [0.29, 0.717) is 0 Å². The molecule has 0 aliphatic heterocycles. The molecule has 124 valence electrons. The molecule has 0 heterocycles. The van der Waals surface area contributed by atoms with Gasteiger partial charge in [-0.25, -0.2) is 13.1 Å². The number of hydrogen-bond donors (Lipinski definition) is 1. The van der Waals surface area contributed by atoms with Crippen LogP contribution >= 0.6 is 15.9 Å². The van der Waals surface area contributed by atoms with Gasteiger partial charge in [-0.2, -0.15) is 0 Å². The van der Waals surface area contributed by atoms with Gasteiger partial charge in [-0.05, 0) is 49.2 Å². The van der Waals surface area contributed by atoms with Crippen molar-refractivity contribution in [3.8, 4) is 5.75 Å². The Labute approximate surface area is 146 Å². The van der Waals surface area contributed by atoms with E-state index in [-0.39, 0.29) is 18.4 Å². The van der Waals surface area contributed by atoms with E-state index in [9.17, 15) is 8.42 Å². The highest BCUT2D eigenvalue weighted by molar-refractivity contribution is 9.10. The number of rotatable bonds is 7. The summed E-state index contributed by atoms with van der Waals surface area (Å²) in [6.07, 6.45) is 0.116. The van der Waals surface area contributed by atoms with E-state index in [1.54, 1.807) is 12.1 Å². The maximum absolute atomic E-state index is 12.1. The third kappa shape index (κ3) is 6.33. The quantitative estimate of drug-likeness (QED) is 0.771. The van der Waals surface area contributed by atoms with Gasteiger partial charge < -0.3 is 4.74 Å². The van der Waals surface area contributed by atoms with Crippen LogP contribution in [-0.4, -0.2) is 14.5 Å². The lowest BCUT2D eigenvalue weighted by Gasteiger charge is -2.11. The first-order chi connectivity index (χ1) is 10.8. The van der Waals surface area contributed by atoms with Gasteiger partial charge in [0.15, 0.2) is 0 Å². The molecule has 0 amide bonds. The van der Waals surface area contributed by atoms with E-state index < -0.39 is 10.0 Å². The first-order valence-corrected chi connectivity index (χ1v) is 9.76. The predicted octanol–water partition coefficient (Wildman–Crippen LogP) is 3.86. The summed E-state index contributed by atoms with van der Waals surface area (Å²) < 4.78 is 33.4. The predicted molar refractivity (Wildman–Crippen MR) is 95.8 cm³/mol. The van der Waals surface area contributed by atoms with Crippen LogP contribution in [0, 0.1) is 0 Å². The molecule has 0 fully saturated rings. The second-order valence-corrected chi connectivity index (χ2v) is 8.24. The Kier molecular flexibility index (Phi) is 6.21. The van der Waals surface area contributed by atoms with Crippen LogP contribution in [-0.2, 0) is 22.3 Å². The zero-order valence-electron chi connectivity index (χ0n) is 13.1. The minimum absolute atomic E-state index is 0.0329. The number of halogens is 1. The van der Waals surface area contributed by atoms with Gasteiger partial charge in [-0.1, -0.05) is 40.2 Å². The van der Waals surface area contributed by atoms with E-state index in [0.717, 1.165) is 21.3 Å². The second kappa shape index (κ2) is 7.95. The van der Waals surface area contributed by atoms with E-state index in [1.165, 1.54) is 0 Å². The van der Waals surface area contributed by atoms with Crippen molar-refractivity contribution in [2.24, 2.45) is 0 Å². The molecule has 0 saturated heterocycles. The average Bonchev–Trinajstić information content (AvgIpc) is 2.48. The summed E-state index contributed by atoms with van der Waals surface area (Å²) >= 11 is 3.33. The van der Waals surface area contributed by atoms with Crippen molar-refractivity contribution in [3.05, 3.63) is 64.1 Å². The monoisotopic (exact) mass is 397 g/mol. The summed E-state index contributed by atoms with van der Waals surface area (Å²) in [5, 5.41) is 0. The number of sulfonamides is 1. The molecule has 2 rings (SSSR count). The van der Waals surface area contributed by atoms with Crippen molar-refractivity contribution in [3.63, 3.8) is 0 Å². The Morgan fingerprint density at radius 3 is 2.13 bits per heavy atom. The number of hydrogen-bond acceptors (Lipinski definition) is 3. The van der Waals surface area contributed by atoms with Crippen LogP contribution in [0.1, 0.15) is 25.0 Å². The highest BCUT2D eigenvalue weighted by atomic mass is 79.9. The minimum Gasteiger partial charge on any atom is -0.491 e. The average molecular weight is 398 g/mol. The molecule has 0 aromatic heterocycles. The van der Waals surface area contributed by atoms with E-state index in [4.69, 9.17) is 4.74 Å². The van der Waals surface area contributed by atoms with E-state index in [1.807, 2.05) is 50.2 Å². The first-order valence-electron chi connectivity index (χ1n) is 7.31. The molecule has 0 unspecified atom stereocenters. The zero-order valence-corrected chi connectivity index (χ0v) is 15.5. The molecule has 1 N–H and O–H groups in total. The number of benzene rings is 2. The standard InChI is InChI=1S/C17H20BrNO3S/c1-13(2)22-17-9-5-14(6-10-17)11-19-23(20,21)12-15-3-7-16(18)8-4-15/h3-10,13,19H,11-12H2,1-2H3. The minimum atomic E-state index is -3.37. The first kappa shape index (κ1) is 18.0. The van der Waals surface area contributed by atoms with Gasteiger partial charge in [0.25, 0.3) is 0 Å². The highest BCUT2D eigenvalue weighted by Crippen LogP contribution is 2.15. The molecule has 4 nitrogen and oxygen atoms in total. The number of ether oxygens (including phenoxy) is 1. The molecular formula is C17H20BrNO3S. The molecule has 0 aliphatic carbocycles. The molecule has 2 aromatic carbocycles. The van der Waals surface area contributed by atoms with Gasteiger partial charge in [-0.15, -0.1) is 0 Å². The van der Waals surface area contributed by atoms with Gasteiger partial charge in [-0.3, -0.25) is 0 Å². The molecule has 2 aromatic rings. The Morgan fingerprint density at radius 1 is 1.00 bits per heavy atom. The summed E-state index contributed by atoms with van der Waals surface area (Å²) in [6, 6.07) is 14.7. The third-order valence-electron chi connectivity index (χ3n) is 3.06. The van der Waals surface area contributed by atoms with E-state index >= 15 is 0 Å². The second-order valence-electron chi connectivity index (χ2n) is 5.52. The van der Waals surface area contributed by atoms with Gasteiger partial charge in [0.2, 0.25) is 10.0 Å². The molecule has 0 radical (unpaired) electrons. The lowest BCUT2D eigenvalue weighted by molar-refractivity contribution is 0.242. The Balaban J connectivity index is 1.92. The highest BCUT2D eigenvalue weighted by Gasteiger charge is 2.11. The van der Waals surface area contributed by atoms with Crippen molar-refractivity contribution < 1.29 is 13.2 Å². The fraction of sp³-hybridized carbons (Fsp3) is 0.294. The largest absolute Gasteiger partial charge is 0.491 e. The Bertz CT molecular complexity index is 725. The topological polar surface area (TPSA) is 55.4 Å². The Morgan fingerprint density at radius 2 is 1.57 bits per heavy atom. The Hall–Kier alpha value is -1.37. The molecular weight excluding hydrogens is 378 g/mol. The summed E-state index contributed by atoms with van der Waals surface area (Å²) in [5.74, 6) is 0.746. The van der Waals surface area contributed by atoms with Gasteiger partial charge in [0, 0.05) is 11.0 Å². The van der Waals surface area contributed by atoms with Gasteiger partial charge in [0.05, 0.1) is 11.9 Å². The maximum Gasteiger partial charge on any atom is 0.216 e. The maximum atomic E-state index is 12.1. The molecule has 6 heteroatoms.